The van der Waals surface area contributed by atoms with Crippen LogP contribution in [-0.2, 0) is 20.8 Å². The third-order valence-corrected chi connectivity index (χ3v) is 6.35. The number of halogens is 3. The Labute approximate surface area is 188 Å². The molecule has 2 aromatic rings. The molecule has 0 spiro atoms. The third-order valence-electron chi connectivity index (χ3n) is 5.76. The zero-order valence-corrected chi connectivity index (χ0v) is 17.9. The van der Waals surface area contributed by atoms with Crippen LogP contribution < -0.4 is 10.6 Å². The van der Waals surface area contributed by atoms with Crippen LogP contribution in [0.5, 0.6) is 0 Å². The van der Waals surface area contributed by atoms with Gasteiger partial charge in [0, 0.05) is 16.6 Å². The average Bonchev–Trinajstić information content (AvgIpc) is 3.08. The number of hydrogen-bond donors (Lipinski definition) is 2. The van der Waals surface area contributed by atoms with Crippen molar-refractivity contribution >= 4 is 40.9 Å². The Balaban J connectivity index is 1.56. The second kappa shape index (κ2) is 8.85. The molecule has 9 heteroatoms. The lowest BCUT2D eigenvalue weighted by Gasteiger charge is -2.34. The minimum absolute atomic E-state index is 0.184. The highest BCUT2D eigenvalue weighted by molar-refractivity contribution is 6.36. The number of amides is 3. The van der Waals surface area contributed by atoms with Crippen molar-refractivity contribution in [3.63, 3.8) is 0 Å². The molecule has 2 saturated heterocycles. The first-order valence-electron chi connectivity index (χ1n) is 9.93. The zero-order chi connectivity index (χ0) is 22.1. The molecule has 0 aliphatic carbocycles. The Hall–Kier alpha value is -2.64. The standard InChI is InChI=1S/C22H20Cl2FN3O3/c23-14-4-1-13(17(24)10-14)9-18(12-2-5-15(25)6-3-12)27-21(30)22(31)28-16-7-8-19(28)20(29)26-11-16/h1-6,10,16,18-19H,7-9,11H2,(H,26,29)(H,27,30). The number of rotatable bonds is 4. The first-order valence-corrected chi connectivity index (χ1v) is 10.7. The van der Waals surface area contributed by atoms with Crippen LogP contribution in [0.25, 0.3) is 0 Å². The quantitative estimate of drug-likeness (QED) is 0.683. The molecule has 6 nitrogen and oxygen atoms in total. The summed E-state index contributed by atoms with van der Waals surface area (Å²) in [4.78, 5) is 39.3. The summed E-state index contributed by atoms with van der Waals surface area (Å²) in [6, 6.07) is 9.25. The molecule has 3 amide bonds. The lowest BCUT2D eigenvalue weighted by Crippen LogP contribution is -2.60. The van der Waals surface area contributed by atoms with E-state index in [1.165, 1.54) is 17.0 Å². The van der Waals surface area contributed by atoms with Crippen LogP contribution in [0.4, 0.5) is 4.39 Å². The Kier molecular flexibility index (Phi) is 6.16. The number of hydrogen-bond acceptors (Lipinski definition) is 3. The predicted octanol–water partition coefficient (Wildman–Crippen LogP) is 3.02. The number of fused-ring (bicyclic) bond motifs is 2. The van der Waals surface area contributed by atoms with Gasteiger partial charge in [0.15, 0.2) is 0 Å². The molecule has 2 fully saturated rings. The lowest BCUT2D eigenvalue weighted by molar-refractivity contribution is -0.151. The van der Waals surface area contributed by atoms with E-state index in [-0.39, 0.29) is 18.4 Å². The third kappa shape index (κ3) is 4.52. The van der Waals surface area contributed by atoms with E-state index in [1.807, 2.05) is 0 Å². The second-order valence-corrected chi connectivity index (χ2v) is 8.57. The van der Waals surface area contributed by atoms with E-state index in [4.69, 9.17) is 23.2 Å². The normalized spacial score (nSPS) is 20.9. The summed E-state index contributed by atoms with van der Waals surface area (Å²) in [6.45, 7) is 0.343. The molecule has 0 radical (unpaired) electrons. The van der Waals surface area contributed by atoms with Gasteiger partial charge in [-0.15, -0.1) is 0 Å². The molecule has 2 aliphatic heterocycles. The van der Waals surface area contributed by atoms with Crippen LogP contribution in [0.2, 0.25) is 10.0 Å². The van der Waals surface area contributed by atoms with Gasteiger partial charge in [-0.2, -0.15) is 0 Å². The zero-order valence-electron chi connectivity index (χ0n) is 16.4. The van der Waals surface area contributed by atoms with Crippen LogP contribution in [0.15, 0.2) is 42.5 Å². The molecule has 0 aromatic heterocycles. The van der Waals surface area contributed by atoms with Crippen molar-refractivity contribution in [3.05, 3.63) is 69.5 Å². The summed E-state index contributed by atoms with van der Waals surface area (Å²) in [7, 11) is 0. The number of carbonyl (C=O) groups excluding carboxylic acids is 3. The van der Waals surface area contributed by atoms with Gasteiger partial charge < -0.3 is 15.5 Å². The molecule has 0 saturated carbocycles. The smallest absolute Gasteiger partial charge is 0.312 e. The van der Waals surface area contributed by atoms with Gasteiger partial charge in [-0.3, -0.25) is 14.4 Å². The van der Waals surface area contributed by atoms with Gasteiger partial charge in [0.1, 0.15) is 11.9 Å². The molecule has 3 atom stereocenters. The van der Waals surface area contributed by atoms with Gasteiger partial charge >= 0.3 is 11.8 Å². The van der Waals surface area contributed by atoms with Gasteiger partial charge in [0.2, 0.25) is 5.91 Å². The van der Waals surface area contributed by atoms with Gasteiger partial charge in [-0.05, 0) is 54.7 Å². The minimum atomic E-state index is -0.814. The molecule has 3 unspecified atom stereocenters. The predicted molar refractivity (Wildman–Crippen MR) is 114 cm³/mol. The fourth-order valence-corrected chi connectivity index (χ4v) is 4.66. The summed E-state index contributed by atoms with van der Waals surface area (Å²) in [5, 5.41) is 6.40. The number of piperazine rings is 1. The fourth-order valence-electron chi connectivity index (χ4n) is 4.18. The first-order chi connectivity index (χ1) is 14.8. The topological polar surface area (TPSA) is 78.5 Å². The van der Waals surface area contributed by atoms with Crippen molar-refractivity contribution in [1.29, 1.82) is 0 Å². The number of nitrogens with zero attached hydrogens (tertiary/aromatic N) is 1. The molecule has 2 N–H and O–H groups in total. The highest BCUT2D eigenvalue weighted by Crippen LogP contribution is 2.29. The van der Waals surface area contributed by atoms with Crippen molar-refractivity contribution < 1.29 is 18.8 Å². The van der Waals surface area contributed by atoms with Crippen LogP contribution >= 0.6 is 23.2 Å². The highest BCUT2D eigenvalue weighted by Gasteiger charge is 2.46. The number of benzene rings is 2. The van der Waals surface area contributed by atoms with Gasteiger partial charge in [-0.1, -0.05) is 41.4 Å². The van der Waals surface area contributed by atoms with E-state index in [0.29, 0.717) is 40.6 Å². The Morgan fingerprint density at radius 1 is 1.16 bits per heavy atom. The van der Waals surface area contributed by atoms with Crippen molar-refractivity contribution in [1.82, 2.24) is 15.5 Å². The van der Waals surface area contributed by atoms with Crippen LogP contribution in [0.1, 0.15) is 30.0 Å². The van der Waals surface area contributed by atoms with Crippen LogP contribution in [-0.4, -0.2) is 41.2 Å². The molecule has 2 aromatic carbocycles. The number of carbonyl (C=O) groups is 3. The lowest BCUT2D eigenvalue weighted by atomic mass is 9.98. The van der Waals surface area contributed by atoms with Gasteiger partial charge in [0.05, 0.1) is 12.1 Å². The maximum atomic E-state index is 13.4. The molecule has 2 bridgehead atoms. The SMILES string of the molecule is O=C(NC(Cc1ccc(Cl)cc1Cl)c1ccc(F)cc1)C(=O)N1C2CCC1C(=O)NC2. The molecule has 162 valence electrons. The Morgan fingerprint density at radius 2 is 1.90 bits per heavy atom. The van der Waals surface area contributed by atoms with Crippen molar-refractivity contribution in [2.45, 2.75) is 37.4 Å². The van der Waals surface area contributed by atoms with Crippen molar-refractivity contribution in [3.8, 4) is 0 Å². The molecular weight excluding hydrogens is 444 g/mol. The van der Waals surface area contributed by atoms with E-state index in [1.54, 1.807) is 30.3 Å². The average molecular weight is 464 g/mol. The second-order valence-electron chi connectivity index (χ2n) is 7.72. The summed E-state index contributed by atoms with van der Waals surface area (Å²) in [6.07, 6.45) is 1.48. The summed E-state index contributed by atoms with van der Waals surface area (Å²) in [5.41, 5.74) is 1.33. The highest BCUT2D eigenvalue weighted by atomic mass is 35.5. The van der Waals surface area contributed by atoms with Gasteiger partial charge in [0.25, 0.3) is 0 Å². The summed E-state index contributed by atoms with van der Waals surface area (Å²) >= 11 is 12.3. The van der Waals surface area contributed by atoms with E-state index in [0.717, 1.165) is 0 Å². The molecular formula is C22H20Cl2FN3O3. The maximum Gasteiger partial charge on any atom is 0.312 e. The fraction of sp³-hybridized carbons (Fsp3) is 0.318. The Morgan fingerprint density at radius 3 is 2.61 bits per heavy atom. The molecule has 2 heterocycles. The summed E-state index contributed by atoms with van der Waals surface area (Å²) < 4.78 is 13.4. The summed E-state index contributed by atoms with van der Waals surface area (Å²) in [5.74, 6) is -2.20. The van der Waals surface area contributed by atoms with E-state index < -0.39 is 29.7 Å². The van der Waals surface area contributed by atoms with Crippen LogP contribution in [0, 0.1) is 5.82 Å². The maximum absolute atomic E-state index is 13.4. The minimum Gasteiger partial charge on any atom is -0.352 e. The van der Waals surface area contributed by atoms with Crippen molar-refractivity contribution in [2.75, 3.05) is 6.54 Å². The molecule has 31 heavy (non-hydrogen) atoms. The monoisotopic (exact) mass is 463 g/mol. The molecule has 2 aliphatic rings. The van der Waals surface area contributed by atoms with E-state index >= 15 is 0 Å². The molecule has 4 rings (SSSR count). The Bertz CT molecular complexity index is 1030. The largest absolute Gasteiger partial charge is 0.352 e. The first kappa shape index (κ1) is 21.6. The van der Waals surface area contributed by atoms with E-state index in [2.05, 4.69) is 10.6 Å². The van der Waals surface area contributed by atoms with Crippen molar-refractivity contribution in [2.24, 2.45) is 0 Å². The van der Waals surface area contributed by atoms with Gasteiger partial charge in [-0.25, -0.2) is 4.39 Å². The number of nitrogens with one attached hydrogen (secondary N) is 2. The van der Waals surface area contributed by atoms with E-state index in [9.17, 15) is 18.8 Å². The van der Waals surface area contributed by atoms with Crippen LogP contribution in [0.3, 0.4) is 0 Å².